The van der Waals surface area contributed by atoms with Crippen LogP contribution in [0.4, 0.5) is 0 Å². The lowest BCUT2D eigenvalue weighted by molar-refractivity contribution is 0.0297. The van der Waals surface area contributed by atoms with Gasteiger partial charge in [-0.05, 0) is 19.3 Å². The van der Waals surface area contributed by atoms with Gasteiger partial charge in [0, 0.05) is 26.3 Å². The Kier molecular flexibility index (Phi) is 3.19. The summed E-state index contributed by atoms with van der Waals surface area (Å²) in [4.78, 5) is 14.1. The minimum Gasteiger partial charge on any atom is -0.393 e. The largest absolute Gasteiger partial charge is 0.393 e. The highest BCUT2D eigenvalue weighted by Gasteiger charge is 2.28. The molecule has 2 rings (SSSR count). The second kappa shape index (κ2) is 4.49. The quantitative estimate of drug-likeness (QED) is 0.777. The third-order valence-electron chi connectivity index (χ3n) is 3.39. The van der Waals surface area contributed by atoms with E-state index < -0.39 is 0 Å². The number of hydrogen-bond acceptors (Lipinski definition) is 3. The lowest BCUT2D eigenvalue weighted by Crippen LogP contribution is -2.45. The van der Waals surface area contributed by atoms with Crippen molar-refractivity contribution in [2.24, 2.45) is 13.0 Å². The fraction of sp³-hybridized carbons (Fsp3) is 0.667. The molecule has 2 heterocycles. The lowest BCUT2D eigenvalue weighted by Gasteiger charge is -2.34. The second-order valence-corrected chi connectivity index (χ2v) is 4.89. The Labute approximate surface area is 101 Å². The van der Waals surface area contributed by atoms with E-state index in [0.717, 1.165) is 5.69 Å². The van der Waals surface area contributed by atoms with Crippen LogP contribution in [0.25, 0.3) is 0 Å². The summed E-state index contributed by atoms with van der Waals surface area (Å²) in [6.07, 6.45) is 2.13. The number of aliphatic hydroxyl groups excluding tert-OH is 1. The molecule has 1 aliphatic heterocycles. The highest BCUT2D eigenvalue weighted by molar-refractivity contribution is 5.95. The molecule has 1 N–H and O–H groups in total. The summed E-state index contributed by atoms with van der Waals surface area (Å²) >= 11 is 0. The lowest BCUT2D eigenvalue weighted by atomic mass is 9.96. The predicted octanol–water partition coefficient (Wildman–Crippen LogP) is 0.571. The predicted molar refractivity (Wildman–Crippen MR) is 63.6 cm³/mol. The van der Waals surface area contributed by atoms with Crippen LogP contribution in [-0.4, -0.2) is 44.9 Å². The molecule has 1 amide bonds. The SMILES string of the molecule is Cc1nn(C)cc1C(=O)N1CCC(O)C(C)C1. The highest BCUT2D eigenvalue weighted by atomic mass is 16.3. The van der Waals surface area contributed by atoms with Gasteiger partial charge in [0.15, 0.2) is 0 Å². The first kappa shape index (κ1) is 12.1. The van der Waals surface area contributed by atoms with Crippen molar-refractivity contribution in [2.45, 2.75) is 26.4 Å². The van der Waals surface area contributed by atoms with E-state index in [4.69, 9.17) is 0 Å². The van der Waals surface area contributed by atoms with Crippen LogP contribution in [-0.2, 0) is 7.05 Å². The molecule has 0 aromatic carbocycles. The number of rotatable bonds is 1. The summed E-state index contributed by atoms with van der Waals surface area (Å²) in [6.45, 7) is 5.06. The van der Waals surface area contributed by atoms with Gasteiger partial charge in [0.1, 0.15) is 0 Å². The van der Waals surface area contributed by atoms with E-state index >= 15 is 0 Å². The number of piperidine rings is 1. The van der Waals surface area contributed by atoms with Crippen molar-refractivity contribution in [3.8, 4) is 0 Å². The fourth-order valence-corrected chi connectivity index (χ4v) is 2.30. The van der Waals surface area contributed by atoms with Gasteiger partial charge in [-0.2, -0.15) is 5.10 Å². The normalized spacial score (nSPS) is 25.1. The van der Waals surface area contributed by atoms with Gasteiger partial charge in [-0.1, -0.05) is 6.92 Å². The van der Waals surface area contributed by atoms with Crippen LogP contribution < -0.4 is 0 Å². The summed E-state index contributed by atoms with van der Waals surface area (Å²) < 4.78 is 1.66. The fourth-order valence-electron chi connectivity index (χ4n) is 2.30. The van der Waals surface area contributed by atoms with Crippen LogP contribution in [0.1, 0.15) is 29.4 Å². The minimum absolute atomic E-state index is 0.0225. The molecule has 2 unspecified atom stereocenters. The van der Waals surface area contributed by atoms with Crippen LogP contribution in [0.15, 0.2) is 6.20 Å². The van der Waals surface area contributed by atoms with Crippen molar-refractivity contribution in [3.05, 3.63) is 17.5 Å². The molecule has 0 saturated carbocycles. The molecular weight excluding hydrogens is 218 g/mol. The minimum atomic E-state index is -0.283. The smallest absolute Gasteiger partial charge is 0.257 e. The van der Waals surface area contributed by atoms with Crippen molar-refractivity contribution in [1.82, 2.24) is 14.7 Å². The Balaban J connectivity index is 2.13. The maximum atomic E-state index is 12.3. The van der Waals surface area contributed by atoms with Crippen LogP contribution in [0, 0.1) is 12.8 Å². The van der Waals surface area contributed by atoms with Gasteiger partial charge in [0.2, 0.25) is 0 Å². The van der Waals surface area contributed by atoms with Gasteiger partial charge in [0.05, 0.1) is 17.4 Å². The van der Waals surface area contributed by atoms with E-state index in [2.05, 4.69) is 5.10 Å². The summed E-state index contributed by atoms with van der Waals surface area (Å²) in [5.74, 6) is 0.166. The van der Waals surface area contributed by atoms with Crippen LogP contribution in [0.5, 0.6) is 0 Å². The van der Waals surface area contributed by atoms with Gasteiger partial charge in [-0.15, -0.1) is 0 Å². The zero-order chi connectivity index (χ0) is 12.6. The summed E-state index contributed by atoms with van der Waals surface area (Å²) in [6, 6.07) is 0. The molecule has 5 nitrogen and oxygen atoms in total. The average Bonchev–Trinajstić information content (AvgIpc) is 2.61. The van der Waals surface area contributed by atoms with Crippen LogP contribution >= 0.6 is 0 Å². The van der Waals surface area contributed by atoms with Crippen molar-refractivity contribution >= 4 is 5.91 Å². The third kappa shape index (κ3) is 2.34. The third-order valence-corrected chi connectivity index (χ3v) is 3.39. The van der Waals surface area contributed by atoms with Crippen molar-refractivity contribution < 1.29 is 9.90 Å². The number of aryl methyl sites for hydroxylation is 2. The topological polar surface area (TPSA) is 58.4 Å². The van der Waals surface area contributed by atoms with Crippen LogP contribution in [0.2, 0.25) is 0 Å². The van der Waals surface area contributed by atoms with Gasteiger partial charge in [-0.3, -0.25) is 9.48 Å². The number of likely N-dealkylation sites (tertiary alicyclic amines) is 1. The zero-order valence-corrected chi connectivity index (χ0v) is 10.6. The van der Waals surface area contributed by atoms with E-state index in [0.29, 0.717) is 25.1 Å². The molecule has 94 valence electrons. The van der Waals surface area contributed by atoms with Crippen molar-refractivity contribution in [2.75, 3.05) is 13.1 Å². The molecule has 1 aromatic heterocycles. The number of carbonyl (C=O) groups excluding carboxylic acids is 1. The Morgan fingerprint density at radius 3 is 2.82 bits per heavy atom. The van der Waals surface area contributed by atoms with E-state index in [-0.39, 0.29) is 17.9 Å². The Bertz CT molecular complexity index is 427. The van der Waals surface area contributed by atoms with Crippen molar-refractivity contribution in [3.63, 3.8) is 0 Å². The molecule has 0 bridgehead atoms. The number of aliphatic hydroxyl groups is 1. The molecule has 2 atom stereocenters. The molecule has 1 aromatic rings. The van der Waals surface area contributed by atoms with Gasteiger partial charge in [0.25, 0.3) is 5.91 Å². The summed E-state index contributed by atoms with van der Waals surface area (Å²) in [5, 5.41) is 13.8. The molecule has 5 heteroatoms. The van der Waals surface area contributed by atoms with E-state index in [1.165, 1.54) is 0 Å². The molecule has 1 saturated heterocycles. The molecule has 0 spiro atoms. The maximum Gasteiger partial charge on any atom is 0.257 e. The summed E-state index contributed by atoms with van der Waals surface area (Å²) in [5.41, 5.74) is 1.42. The average molecular weight is 237 g/mol. The van der Waals surface area contributed by atoms with Gasteiger partial charge >= 0.3 is 0 Å². The summed E-state index contributed by atoms with van der Waals surface area (Å²) in [7, 11) is 1.81. The molecule has 0 radical (unpaired) electrons. The molecular formula is C12H19N3O2. The van der Waals surface area contributed by atoms with Crippen LogP contribution in [0.3, 0.4) is 0 Å². The first-order valence-corrected chi connectivity index (χ1v) is 5.96. The number of hydrogen-bond donors (Lipinski definition) is 1. The van der Waals surface area contributed by atoms with E-state index in [9.17, 15) is 9.90 Å². The van der Waals surface area contributed by atoms with Crippen molar-refractivity contribution in [1.29, 1.82) is 0 Å². The zero-order valence-electron chi connectivity index (χ0n) is 10.6. The first-order valence-electron chi connectivity index (χ1n) is 5.96. The second-order valence-electron chi connectivity index (χ2n) is 4.89. The first-order chi connectivity index (χ1) is 7.99. The standard InChI is InChI=1S/C12H19N3O2/c1-8-6-15(5-4-11(8)16)12(17)10-7-14(3)13-9(10)2/h7-8,11,16H,4-6H2,1-3H3. The van der Waals surface area contributed by atoms with Gasteiger partial charge in [-0.25, -0.2) is 0 Å². The van der Waals surface area contributed by atoms with Gasteiger partial charge < -0.3 is 10.0 Å². The van der Waals surface area contributed by atoms with E-state index in [1.807, 2.05) is 20.9 Å². The molecule has 0 aliphatic carbocycles. The number of amides is 1. The number of aromatic nitrogens is 2. The molecule has 17 heavy (non-hydrogen) atoms. The Hall–Kier alpha value is -1.36. The van der Waals surface area contributed by atoms with E-state index in [1.54, 1.807) is 15.8 Å². The maximum absolute atomic E-state index is 12.3. The Morgan fingerprint density at radius 1 is 1.59 bits per heavy atom. The number of nitrogens with zero attached hydrogens (tertiary/aromatic N) is 3. The highest BCUT2D eigenvalue weighted by Crippen LogP contribution is 2.19. The monoisotopic (exact) mass is 237 g/mol. The molecule has 1 aliphatic rings. The number of carbonyl (C=O) groups is 1. The Morgan fingerprint density at radius 2 is 2.29 bits per heavy atom. The molecule has 1 fully saturated rings.